The Morgan fingerprint density at radius 1 is 0.680 bits per heavy atom. The van der Waals surface area contributed by atoms with Crippen molar-refractivity contribution in [3.63, 3.8) is 0 Å². The Balaban J connectivity index is 2.87. The molecule has 0 radical (unpaired) electrons. The molecule has 5 heteroatoms. The van der Waals surface area contributed by atoms with Gasteiger partial charge in [0, 0.05) is 26.9 Å². The maximum absolute atomic E-state index is 6.26. The lowest BCUT2D eigenvalue weighted by atomic mass is 9.96. The van der Waals surface area contributed by atoms with Crippen LogP contribution >= 0.6 is 0 Å². The van der Waals surface area contributed by atoms with Gasteiger partial charge in [0.25, 0.3) is 0 Å². The first-order valence-corrected chi connectivity index (χ1v) is 10.3. The largest absolute Gasteiger partial charge is 0.373 e. The Labute approximate surface area is 154 Å². The molecule has 0 aliphatic carbocycles. The average Bonchev–Trinajstić information content (AvgIpc) is 2.63. The van der Waals surface area contributed by atoms with Crippen LogP contribution in [0.25, 0.3) is 0 Å². The number of hydrogen-bond donors (Lipinski definition) is 0. The van der Waals surface area contributed by atoms with Gasteiger partial charge in [-0.1, -0.05) is 47.0 Å². The molecular formula is C20H40O5. The zero-order valence-electron chi connectivity index (χ0n) is 17.0. The number of rotatable bonds is 14. The summed E-state index contributed by atoms with van der Waals surface area (Å²) in [5.74, 6) is 0. The summed E-state index contributed by atoms with van der Waals surface area (Å²) in [4.78, 5) is 0. The molecule has 0 saturated carbocycles. The Morgan fingerprint density at radius 2 is 1.16 bits per heavy atom. The molecule has 1 saturated heterocycles. The summed E-state index contributed by atoms with van der Waals surface area (Å²) in [6, 6.07) is 0. The van der Waals surface area contributed by atoms with Gasteiger partial charge in [-0.2, -0.15) is 0 Å². The summed E-state index contributed by atoms with van der Waals surface area (Å²) in [6.45, 7) is 10.8. The van der Waals surface area contributed by atoms with Gasteiger partial charge in [0.1, 0.15) is 18.3 Å². The molecule has 5 atom stereocenters. The Morgan fingerprint density at radius 3 is 1.60 bits per heavy atom. The molecule has 150 valence electrons. The number of unbranched alkanes of at least 4 members (excludes halogenated alkanes) is 3. The maximum atomic E-state index is 6.26. The first-order chi connectivity index (χ1) is 12.2. The summed E-state index contributed by atoms with van der Waals surface area (Å²) < 4.78 is 30.4. The standard InChI is InChI=1S/C20H40O5/c1-6-10-13-22-17-16(9-4)25-20(21-5)19(24-15-12-8-3)18(17)23-14-11-7-2/h16-20H,6-15H2,1-5H3/t16?,17-,18-,19?,20-/m0/s1. The third kappa shape index (κ3) is 7.51. The van der Waals surface area contributed by atoms with Gasteiger partial charge < -0.3 is 23.7 Å². The maximum Gasteiger partial charge on any atom is 0.186 e. The van der Waals surface area contributed by atoms with E-state index >= 15 is 0 Å². The zero-order chi connectivity index (χ0) is 18.5. The van der Waals surface area contributed by atoms with E-state index in [0.29, 0.717) is 6.61 Å². The minimum absolute atomic E-state index is 0.0283. The third-order valence-electron chi connectivity index (χ3n) is 4.65. The second-order valence-corrected chi connectivity index (χ2v) is 6.75. The van der Waals surface area contributed by atoms with Crippen molar-refractivity contribution in [3.8, 4) is 0 Å². The smallest absolute Gasteiger partial charge is 0.186 e. The van der Waals surface area contributed by atoms with Crippen LogP contribution in [0, 0.1) is 0 Å². The summed E-state index contributed by atoms with van der Waals surface area (Å²) in [7, 11) is 1.68. The van der Waals surface area contributed by atoms with Gasteiger partial charge in [-0.3, -0.25) is 0 Å². The lowest BCUT2D eigenvalue weighted by molar-refractivity contribution is -0.313. The highest BCUT2D eigenvalue weighted by Crippen LogP contribution is 2.30. The van der Waals surface area contributed by atoms with Gasteiger partial charge in [-0.05, 0) is 25.7 Å². The molecular weight excluding hydrogens is 320 g/mol. The Kier molecular flexibility index (Phi) is 12.7. The SMILES string of the molecule is CCCCOC1[C@@H](OC)OC(CC)[C@H](OCCCC)[C@@H]1OCCCC. The van der Waals surface area contributed by atoms with Crippen LogP contribution < -0.4 is 0 Å². The number of methoxy groups -OCH3 is 1. The molecule has 1 aliphatic heterocycles. The monoisotopic (exact) mass is 360 g/mol. The van der Waals surface area contributed by atoms with Crippen molar-refractivity contribution in [2.24, 2.45) is 0 Å². The van der Waals surface area contributed by atoms with E-state index in [-0.39, 0.29) is 24.4 Å². The fourth-order valence-corrected chi connectivity index (χ4v) is 3.06. The van der Waals surface area contributed by atoms with Gasteiger partial charge in [-0.15, -0.1) is 0 Å². The first-order valence-electron chi connectivity index (χ1n) is 10.3. The molecule has 0 bridgehead atoms. The van der Waals surface area contributed by atoms with E-state index < -0.39 is 6.29 Å². The lowest BCUT2D eigenvalue weighted by Gasteiger charge is -2.45. The van der Waals surface area contributed by atoms with Gasteiger partial charge >= 0.3 is 0 Å². The topological polar surface area (TPSA) is 46.2 Å². The van der Waals surface area contributed by atoms with Crippen LogP contribution in [0.3, 0.4) is 0 Å². The van der Waals surface area contributed by atoms with E-state index in [9.17, 15) is 0 Å². The molecule has 0 aromatic rings. The fourth-order valence-electron chi connectivity index (χ4n) is 3.06. The van der Waals surface area contributed by atoms with E-state index in [4.69, 9.17) is 23.7 Å². The molecule has 0 N–H and O–H groups in total. The van der Waals surface area contributed by atoms with Crippen LogP contribution in [0.1, 0.15) is 72.6 Å². The molecule has 2 unspecified atom stereocenters. The minimum Gasteiger partial charge on any atom is -0.373 e. The van der Waals surface area contributed by atoms with Crippen molar-refractivity contribution in [2.45, 2.75) is 103 Å². The fraction of sp³-hybridized carbons (Fsp3) is 1.00. The highest BCUT2D eigenvalue weighted by atomic mass is 16.7. The second kappa shape index (κ2) is 13.9. The van der Waals surface area contributed by atoms with Crippen LogP contribution in [0.5, 0.6) is 0 Å². The molecule has 1 fully saturated rings. The van der Waals surface area contributed by atoms with Crippen molar-refractivity contribution >= 4 is 0 Å². The van der Waals surface area contributed by atoms with Crippen LogP contribution in [0.15, 0.2) is 0 Å². The normalized spacial score (nSPS) is 29.9. The van der Waals surface area contributed by atoms with Gasteiger partial charge in [0.15, 0.2) is 6.29 Å². The number of ether oxygens (including phenoxy) is 5. The number of hydrogen-bond acceptors (Lipinski definition) is 5. The Hall–Kier alpha value is -0.200. The van der Waals surface area contributed by atoms with E-state index in [2.05, 4.69) is 27.7 Å². The summed E-state index contributed by atoms with van der Waals surface area (Å²) in [5.41, 5.74) is 0. The van der Waals surface area contributed by atoms with Crippen molar-refractivity contribution in [2.75, 3.05) is 26.9 Å². The molecule has 0 amide bonds. The molecule has 1 rings (SSSR count). The molecule has 0 aromatic heterocycles. The average molecular weight is 361 g/mol. The van der Waals surface area contributed by atoms with Crippen LogP contribution in [0.4, 0.5) is 0 Å². The Bertz CT molecular complexity index is 288. The molecule has 1 aliphatic rings. The molecule has 0 spiro atoms. The second-order valence-electron chi connectivity index (χ2n) is 6.75. The predicted octanol–water partition coefficient (Wildman–Crippen LogP) is 4.32. The third-order valence-corrected chi connectivity index (χ3v) is 4.65. The molecule has 1 heterocycles. The minimum atomic E-state index is -0.403. The summed E-state index contributed by atoms with van der Waals surface area (Å²) in [6.07, 6.45) is 6.36. The van der Waals surface area contributed by atoms with E-state index in [1.165, 1.54) is 0 Å². The van der Waals surface area contributed by atoms with Gasteiger partial charge in [-0.25, -0.2) is 0 Å². The zero-order valence-corrected chi connectivity index (χ0v) is 17.0. The molecule has 5 nitrogen and oxygen atoms in total. The van der Waals surface area contributed by atoms with E-state index in [1.807, 2.05) is 0 Å². The molecule has 25 heavy (non-hydrogen) atoms. The highest BCUT2D eigenvalue weighted by Gasteiger charge is 2.47. The molecule has 0 aromatic carbocycles. The van der Waals surface area contributed by atoms with Crippen LogP contribution in [-0.2, 0) is 23.7 Å². The van der Waals surface area contributed by atoms with Crippen molar-refractivity contribution in [3.05, 3.63) is 0 Å². The predicted molar refractivity (Wildman–Crippen MR) is 99.9 cm³/mol. The van der Waals surface area contributed by atoms with E-state index in [1.54, 1.807) is 7.11 Å². The van der Waals surface area contributed by atoms with Crippen LogP contribution in [0.2, 0.25) is 0 Å². The van der Waals surface area contributed by atoms with Gasteiger partial charge in [0.05, 0.1) is 6.10 Å². The van der Waals surface area contributed by atoms with Gasteiger partial charge in [0.2, 0.25) is 0 Å². The quantitative estimate of drug-likeness (QED) is 0.432. The van der Waals surface area contributed by atoms with Crippen molar-refractivity contribution in [1.29, 1.82) is 0 Å². The summed E-state index contributed by atoms with van der Waals surface area (Å²) >= 11 is 0. The highest BCUT2D eigenvalue weighted by molar-refractivity contribution is 4.92. The van der Waals surface area contributed by atoms with Crippen molar-refractivity contribution < 1.29 is 23.7 Å². The summed E-state index contributed by atoms with van der Waals surface area (Å²) in [5, 5.41) is 0. The van der Waals surface area contributed by atoms with Crippen molar-refractivity contribution in [1.82, 2.24) is 0 Å². The first kappa shape index (κ1) is 22.8. The van der Waals surface area contributed by atoms with Crippen LogP contribution in [-0.4, -0.2) is 57.6 Å². The lowest BCUT2D eigenvalue weighted by Crippen LogP contribution is -2.60. The van der Waals surface area contributed by atoms with E-state index in [0.717, 1.165) is 58.2 Å².